The molecule has 0 amide bonds. The van der Waals surface area contributed by atoms with Gasteiger partial charge in [0.25, 0.3) is 0 Å². The van der Waals surface area contributed by atoms with E-state index >= 15 is 0 Å². The summed E-state index contributed by atoms with van der Waals surface area (Å²) in [6.45, 7) is 5.01. The van der Waals surface area contributed by atoms with Crippen molar-refractivity contribution in [2.75, 3.05) is 32.2 Å². The molecule has 1 aromatic heterocycles. The Kier molecular flexibility index (Phi) is 5.92. The van der Waals surface area contributed by atoms with Gasteiger partial charge in [-0.2, -0.15) is 0 Å². The predicted octanol–water partition coefficient (Wildman–Crippen LogP) is 1.69. The number of hydrogen-bond acceptors (Lipinski definition) is 4. The van der Waals surface area contributed by atoms with Crippen LogP contribution in [0, 0.1) is 0 Å². The zero-order valence-electron chi connectivity index (χ0n) is 10.7. The normalized spacial score (nSPS) is 10.9. The number of nitrogens with zero attached hydrogens (tertiary/aromatic N) is 1. The number of aldehydes is 1. The summed E-state index contributed by atoms with van der Waals surface area (Å²) >= 11 is 0.130. The summed E-state index contributed by atoms with van der Waals surface area (Å²) in [5.74, 6) is 0. The first-order valence-corrected chi connectivity index (χ1v) is 7.47. The van der Waals surface area contributed by atoms with Gasteiger partial charge in [-0.15, -0.1) is 0 Å². The average Bonchev–Trinajstić information content (AvgIpc) is 2.72. The van der Waals surface area contributed by atoms with Crippen molar-refractivity contribution in [2.24, 2.45) is 0 Å². The molecule has 0 aliphatic rings. The van der Waals surface area contributed by atoms with Gasteiger partial charge in [0.1, 0.15) is 0 Å². The Hall–Kier alpha value is -0.611. The third-order valence-electron chi connectivity index (χ3n) is 2.29. The van der Waals surface area contributed by atoms with Crippen LogP contribution in [-0.4, -0.2) is 48.1 Å². The monoisotopic (exact) mass is 305 g/mol. The maximum atomic E-state index is 11.2. The maximum absolute atomic E-state index is 11.2. The van der Waals surface area contributed by atoms with Crippen molar-refractivity contribution < 1.29 is 14.3 Å². The molecular weight excluding hydrogens is 285 g/mol. The molecule has 5 heteroatoms. The van der Waals surface area contributed by atoms with Gasteiger partial charge in [-0.3, -0.25) is 0 Å². The van der Waals surface area contributed by atoms with Crippen molar-refractivity contribution in [1.29, 1.82) is 0 Å². The molecule has 1 aromatic rings. The molecule has 0 radical (unpaired) electrons. The molecule has 0 saturated carbocycles. The second kappa shape index (κ2) is 6.96. The van der Waals surface area contributed by atoms with Crippen LogP contribution in [0.5, 0.6) is 0 Å². The summed E-state index contributed by atoms with van der Waals surface area (Å²) in [4.78, 5) is 15.3. The molecule has 0 aliphatic heterocycles. The van der Waals surface area contributed by atoms with Gasteiger partial charge >= 0.3 is 108 Å². The molecule has 0 saturated heterocycles. The van der Waals surface area contributed by atoms with E-state index in [-0.39, 0.29) is 20.8 Å². The molecule has 0 N–H and O–H groups in total. The summed E-state index contributed by atoms with van der Waals surface area (Å²) < 4.78 is 12.1. The molecule has 4 nitrogen and oxygen atoms in total. The average molecular weight is 304 g/mol. The quantitative estimate of drug-likeness (QED) is 0.436. The second-order valence-electron chi connectivity index (χ2n) is 3.65. The first-order valence-electron chi connectivity index (χ1n) is 5.62. The number of rotatable bonds is 7. The molecular formula is C12H19NO3Se. The van der Waals surface area contributed by atoms with Crippen LogP contribution in [-0.2, 0) is 9.47 Å². The van der Waals surface area contributed by atoms with E-state index in [0.717, 1.165) is 22.0 Å². The molecule has 96 valence electrons. The van der Waals surface area contributed by atoms with Crippen molar-refractivity contribution in [3.05, 3.63) is 14.9 Å². The van der Waals surface area contributed by atoms with Gasteiger partial charge in [-0.25, -0.2) is 0 Å². The van der Waals surface area contributed by atoms with E-state index in [9.17, 15) is 4.79 Å². The van der Waals surface area contributed by atoms with Crippen molar-refractivity contribution in [3.8, 4) is 0 Å². The topological polar surface area (TPSA) is 38.8 Å². The first-order chi connectivity index (χ1) is 8.15. The van der Waals surface area contributed by atoms with Crippen LogP contribution in [0.25, 0.3) is 0 Å². The van der Waals surface area contributed by atoms with Crippen LogP contribution in [0.3, 0.4) is 0 Å². The molecule has 1 heterocycles. The Bertz CT molecular complexity index is 357. The zero-order valence-corrected chi connectivity index (χ0v) is 12.4. The molecule has 0 atom stereocenters. The molecule has 0 aromatic carbocycles. The van der Waals surface area contributed by atoms with Gasteiger partial charge < -0.3 is 0 Å². The third-order valence-corrected chi connectivity index (χ3v) is 4.40. The van der Waals surface area contributed by atoms with Crippen LogP contribution in [0.15, 0.2) is 4.94 Å². The first kappa shape index (κ1) is 14.5. The van der Waals surface area contributed by atoms with Gasteiger partial charge in [0.05, 0.1) is 0 Å². The number of carbonyl (C=O) groups excluding carboxylic acids is 1. The van der Waals surface area contributed by atoms with Gasteiger partial charge in [0.2, 0.25) is 0 Å². The van der Waals surface area contributed by atoms with Gasteiger partial charge in [-0.1, -0.05) is 0 Å². The number of hydrogen-bond donors (Lipinski definition) is 0. The summed E-state index contributed by atoms with van der Waals surface area (Å²) in [5.41, 5.74) is 1.70. The van der Waals surface area contributed by atoms with E-state index in [0.29, 0.717) is 13.2 Å². The Morgan fingerprint density at radius 1 is 1.35 bits per heavy atom. The fraction of sp³-hybridized carbons (Fsp3) is 0.583. The van der Waals surface area contributed by atoms with E-state index in [1.54, 1.807) is 0 Å². The second-order valence-corrected chi connectivity index (χ2v) is 5.57. The van der Waals surface area contributed by atoms with E-state index in [1.807, 2.05) is 32.8 Å². The van der Waals surface area contributed by atoms with E-state index in [2.05, 4.69) is 4.94 Å². The standard InChI is InChI=1S/C12H19NO3Se/c1-5-15-12(16-6-2)11-9(7-14)10(8-17-11)13(3)4/h7-8,12H,5-6H2,1-4H3. The van der Waals surface area contributed by atoms with Crippen molar-refractivity contribution in [1.82, 2.24) is 0 Å². The van der Waals surface area contributed by atoms with Crippen molar-refractivity contribution in [2.45, 2.75) is 20.1 Å². The molecule has 1 rings (SSSR count). The predicted molar refractivity (Wildman–Crippen MR) is 69.1 cm³/mol. The molecule has 0 fully saturated rings. The van der Waals surface area contributed by atoms with Crippen LogP contribution in [0.1, 0.15) is 34.9 Å². The summed E-state index contributed by atoms with van der Waals surface area (Å²) in [7, 11) is 3.87. The van der Waals surface area contributed by atoms with Crippen molar-refractivity contribution in [3.63, 3.8) is 0 Å². The van der Waals surface area contributed by atoms with Crippen LogP contribution >= 0.6 is 0 Å². The van der Waals surface area contributed by atoms with Crippen molar-refractivity contribution >= 4 is 26.5 Å². The van der Waals surface area contributed by atoms with Gasteiger partial charge in [-0.05, 0) is 0 Å². The molecule has 17 heavy (non-hydrogen) atoms. The SMILES string of the molecule is CCOC(OCC)c1[se]cc(N(C)C)c1C=O. The van der Waals surface area contributed by atoms with Crippen LogP contribution < -0.4 is 4.90 Å². The van der Waals surface area contributed by atoms with Gasteiger partial charge in [0.15, 0.2) is 0 Å². The Morgan fingerprint density at radius 3 is 2.35 bits per heavy atom. The Morgan fingerprint density at radius 2 is 1.94 bits per heavy atom. The molecule has 0 bridgehead atoms. The number of carbonyl (C=O) groups is 1. The minimum absolute atomic E-state index is 0.130. The summed E-state index contributed by atoms with van der Waals surface area (Å²) in [5, 5.41) is 0. The molecule has 0 aliphatic carbocycles. The Balaban J connectivity index is 3.05. The van der Waals surface area contributed by atoms with Gasteiger partial charge in [0, 0.05) is 0 Å². The molecule has 0 spiro atoms. The van der Waals surface area contributed by atoms with E-state index < -0.39 is 0 Å². The minimum atomic E-state index is -0.376. The van der Waals surface area contributed by atoms with Crippen LogP contribution in [0.2, 0.25) is 0 Å². The Labute approximate surface area is 108 Å². The van der Waals surface area contributed by atoms with E-state index in [4.69, 9.17) is 9.47 Å². The fourth-order valence-electron chi connectivity index (χ4n) is 1.52. The third kappa shape index (κ3) is 3.42. The molecule has 0 unspecified atom stereocenters. The fourth-order valence-corrected chi connectivity index (χ4v) is 3.84. The summed E-state index contributed by atoms with van der Waals surface area (Å²) in [6.07, 6.45) is 0.528. The summed E-state index contributed by atoms with van der Waals surface area (Å²) in [6, 6.07) is 0. The van der Waals surface area contributed by atoms with E-state index in [1.165, 1.54) is 0 Å². The number of ether oxygens (including phenoxy) is 2. The number of anilines is 1. The van der Waals surface area contributed by atoms with Crippen LogP contribution in [0.4, 0.5) is 5.69 Å². The zero-order chi connectivity index (χ0) is 12.8.